The van der Waals surface area contributed by atoms with Gasteiger partial charge in [-0.05, 0) is 28.9 Å². The molecule has 0 aliphatic heterocycles. The summed E-state index contributed by atoms with van der Waals surface area (Å²) in [6, 6.07) is 5.78. The van der Waals surface area contributed by atoms with Gasteiger partial charge >= 0.3 is 5.97 Å². The largest absolute Gasteiger partial charge is 0.462 e. The molecule has 1 rings (SSSR count). The number of halogens is 1. The summed E-state index contributed by atoms with van der Waals surface area (Å²) >= 11 is 3.16. The molecule has 1 aromatic carbocycles. The number of non-ortho nitro benzene ring substituents is 1. The molecular formula is C12H10BrN3O4. The number of benzene rings is 1. The van der Waals surface area contributed by atoms with Crippen molar-refractivity contribution in [1.82, 2.24) is 0 Å². The van der Waals surface area contributed by atoms with Crippen molar-refractivity contribution in [1.29, 1.82) is 5.26 Å². The van der Waals surface area contributed by atoms with E-state index < -0.39 is 10.9 Å². The Kier molecular flexibility index (Phi) is 5.68. The van der Waals surface area contributed by atoms with E-state index in [-0.39, 0.29) is 17.9 Å². The Labute approximate surface area is 123 Å². The zero-order chi connectivity index (χ0) is 15.1. The normalized spacial score (nSPS) is 10.6. The number of esters is 1. The molecule has 104 valence electrons. The monoisotopic (exact) mass is 339 g/mol. The molecule has 0 aliphatic carbocycles. The van der Waals surface area contributed by atoms with Crippen LogP contribution < -0.4 is 5.32 Å². The maximum absolute atomic E-state index is 11.4. The first-order valence-corrected chi connectivity index (χ1v) is 6.26. The van der Waals surface area contributed by atoms with Crippen molar-refractivity contribution in [3.05, 3.63) is 44.6 Å². The third-order valence-electron chi connectivity index (χ3n) is 2.15. The minimum Gasteiger partial charge on any atom is -0.462 e. The minimum absolute atomic E-state index is 0.0719. The fourth-order valence-corrected chi connectivity index (χ4v) is 1.71. The van der Waals surface area contributed by atoms with Gasteiger partial charge in [-0.1, -0.05) is 0 Å². The van der Waals surface area contributed by atoms with Crippen LogP contribution in [0.15, 0.2) is 34.4 Å². The summed E-state index contributed by atoms with van der Waals surface area (Å²) in [4.78, 5) is 21.4. The van der Waals surface area contributed by atoms with Gasteiger partial charge in [-0.25, -0.2) is 4.79 Å². The molecule has 0 unspecified atom stereocenters. The van der Waals surface area contributed by atoms with Gasteiger partial charge in [-0.15, -0.1) is 0 Å². The van der Waals surface area contributed by atoms with E-state index in [9.17, 15) is 14.9 Å². The highest BCUT2D eigenvalue weighted by molar-refractivity contribution is 9.10. The van der Waals surface area contributed by atoms with Gasteiger partial charge in [0.25, 0.3) is 5.69 Å². The summed E-state index contributed by atoms with van der Waals surface area (Å²) in [6.45, 7) is 1.80. The van der Waals surface area contributed by atoms with Crippen LogP contribution in [-0.4, -0.2) is 17.5 Å². The number of nitriles is 1. The lowest BCUT2D eigenvalue weighted by molar-refractivity contribution is -0.384. The van der Waals surface area contributed by atoms with Crippen LogP contribution in [0.4, 0.5) is 11.4 Å². The molecular weight excluding hydrogens is 330 g/mol. The second kappa shape index (κ2) is 7.25. The van der Waals surface area contributed by atoms with E-state index in [0.717, 1.165) is 0 Å². The Morgan fingerprint density at radius 1 is 1.65 bits per heavy atom. The van der Waals surface area contributed by atoms with E-state index in [1.165, 1.54) is 24.4 Å². The summed E-state index contributed by atoms with van der Waals surface area (Å²) < 4.78 is 5.13. The highest BCUT2D eigenvalue weighted by atomic mass is 79.9. The van der Waals surface area contributed by atoms with Crippen molar-refractivity contribution in [2.75, 3.05) is 11.9 Å². The number of carbonyl (C=O) groups is 1. The Bertz CT molecular complexity index is 607. The van der Waals surface area contributed by atoms with E-state index in [2.05, 4.69) is 21.2 Å². The van der Waals surface area contributed by atoms with E-state index in [0.29, 0.717) is 10.2 Å². The number of rotatable bonds is 5. The van der Waals surface area contributed by atoms with Crippen LogP contribution in [0.3, 0.4) is 0 Å². The first-order chi connectivity index (χ1) is 9.49. The molecule has 20 heavy (non-hydrogen) atoms. The van der Waals surface area contributed by atoms with Gasteiger partial charge in [-0.2, -0.15) is 5.26 Å². The minimum atomic E-state index is -0.736. The number of anilines is 1. The third kappa shape index (κ3) is 4.07. The molecule has 8 heteroatoms. The number of ether oxygens (including phenoxy) is 1. The van der Waals surface area contributed by atoms with Crippen molar-refractivity contribution in [2.24, 2.45) is 0 Å². The van der Waals surface area contributed by atoms with Gasteiger partial charge in [-0.3, -0.25) is 10.1 Å². The smallest absolute Gasteiger partial charge is 0.350 e. The van der Waals surface area contributed by atoms with Crippen molar-refractivity contribution in [2.45, 2.75) is 6.92 Å². The molecule has 1 N–H and O–H groups in total. The van der Waals surface area contributed by atoms with Crippen LogP contribution >= 0.6 is 15.9 Å². The Hall–Kier alpha value is -2.40. The number of nitrogens with one attached hydrogen (secondary N) is 1. The topological polar surface area (TPSA) is 105 Å². The average Bonchev–Trinajstić information content (AvgIpc) is 2.41. The second-order valence-corrected chi connectivity index (χ2v) is 4.31. The second-order valence-electron chi connectivity index (χ2n) is 3.46. The lowest BCUT2D eigenvalue weighted by Crippen LogP contribution is -2.08. The van der Waals surface area contributed by atoms with E-state index in [1.807, 2.05) is 0 Å². The maximum Gasteiger partial charge on any atom is 0.350 e. The molecule has 0 heterocycles. The van der Waals surface area contributed by atoms with E-state index in [4.69, 9.17) is 10.00 Å². The molecule has 0 aliphatic rings. The van der Waals surface area contributed by atoms with Crippen LogP contribution in [0.25, 0.3) is 0 Å². The standard InChI is InChI=1S/C12H10BrN3O4/c1-2-20-12(17)8(6-14)7-15-11-4-3-9(16(18)19)5-10(11)13/h3-5,7,15H,2H2,1H3. The molecule has 0 saturated carbocycles. The van der Waals surface area contributed by atoms with Gasteiger partial charge in [0.15, 0.2) is 5.57 Å². The predicted molar refractivity (Wildman–Crippen MR) is 74.7 cm³/mol. The Morgan fingerprint density at radius 2 is 2.35 bits per heavy atom. The van der Waals surface area contributed by atoms with Crippen LogP contribution in [0.2, 0.25) is 0 Å². The van der Waals surface area contributed by atoms with Crippen LogP contribution in [0, 0.1) is 21.4 Å². The van der Waals surface area contributed by atoms with Crippen molar-refractivity contribution >= 4 is 33.3 Å². The number of carbonyl (C=O) groups excluding carboxylic acids is 1. The molecule has 0 fully saturated rings. The summed E-state index contributed by atoms with van der Waals surface area (Å²) in [5.41, 5.74) is 0.210. The Balaban J connectivity index is 2.91. The lowest BCUT2D eigenvalue weighted by Gasteiger charge is -2.05. The lowest BCUT2D eigenvalue weighted by atomic mass is 10.2. The van der Waals surface area contributed by atoms with Crippen LogP contribution in [0.1, 0.15) is 6.92 Å². The van der Waals surface area contributed by atoms with E-state index >= 15 is 0 Å². The third-order valence-corrected chi connectivity index (χ3v) is 2.81. The average molecular weight is 340 g/mol. The number of nitrogens with zero attached hydrogens (tertiary/aromatic N) is 2. The van der Waals surface area contributed by atoms with Gasteiger partial charge in [0.05, 0.1) is 17.2 Å². The maximum atomic E-state index is 11.4. The summed E-state index contributed by atoms with van der Waals surface area (Å²) in [6.07, 6.45) is 1.18. The zero-order valence-corrected chi connectivity index (χ0v) is 12.0. The fraction of sp³-hybridized carbons (Fsp3) is 0.167. The van der Waals surface area contributed by atoms with Crippen LogP contribution in [0.5, 0.6) is 0 Å². The first kappa shape index (κ1) is 15.7. The SMILES string of the molecule is CCOC(=O)C(C#N)=CNc1ccc([N+](=O)[O-])cc1Br. The molecule has 0 aromatic heterocycles. The van der Waals surface area contributed by atoms with Gasteiger partial charge in [0.2, 0.25) is 0 Å². The molecule has 0 saturated heterocycles. The summed E-state index contributed by atoms with van der Waals surface area (Å²) in [7, 11) is 0. The van der Waals surface area contributed by atoms with Crippen molar-refractivity contribution in [3.8, 4) is 6.07 Å². The zero-order valence-electron chi connectivity index (χ0n) is 10.4. The first-order valence-electron chi connectivity index (χ1n) is 5.47. The quantitative estimate of drug-likeness (QED) is 0.290. The highest BCUT2D eigenvalue weighted by Gasteiger charge is 2.11. The molecule has 0 radical (unpaired) electrons. The molecule has 0 amide bonds. The molecule has 0 spiro atoms. The van der Waals surface area contributed by atoms with Crippen molar-refractivity contribution < 1.29 is 14.5 Å². The van der Waals surface area contributed by atoms with Gasteiger partial charge in [0.1, 0.15) is 6.07 Å². The number of hydrogen-bond donors (Lipinski definition) is 1. The fourth-order valence-electron chi connectivity index (χ4n) is 1.23. The van der Waals surface area contributed by atoms with Crippen LogP contribution in [-0.2, 0) is 9.53 Å². The van der Waals surface area contributed by atoms with Crippen molar-refractivity contribution in [3.63, 3.8) is 0 Å². The number of hydrogen-bond acceptors (Lipinski definition) is 6. The summed E-state index contributed by atoms with van der Waals surface area (Å²) in [5.74, 6) is -0.736. The molecule has 7 nitrogen and oxygen atoms in total. The Morgan fingerprint density at radius 3 is 2.85 bits per heavy atom. The van der Waals surface area contributed by atoms with Gasteiger partial charge < -0.3 is 10.1 Å². The van der Waals surface area contributed by atoms with Gasteiger partial charge in [0, 0.05) is 22.8 Å². The number of nitro benzene ring substituents is 1. The molecule has 1 aromatic rings. The molecule has 0 atom stereocenters. The molecule has 0 bridgehead atoms. The number of nitro groups is 1. The summed E-state index contributed by atoms with van der Waals surface area (Å²) in [5, 5.41) is 22.1. The highest BCUT2D eigenvalue weighted by Crippen LogP contribution is 2.27. The van der Waals surface area contributed by atoms with E-state index in [1.54, 1.807) is 13.0 Å². The predicted octanol–water partition coefficient (Wildman–Crippen LogP) is 2.74.